The Kier molecular flexibility index (Phi) is 12.0. The average Bonchev–Trinajstić information content (AvgIpc) is 3.08. The van der Waals surface area contributed by atoms with Gasteiger partial charge in [0.05, 0.1) is 5.02 Å². The van der Waals surface area contributed by atoms with Gasteiger partial charge in [-0.3, -0.25) is 4.99 Å². The van der Waals surface area contributed by atoms with Crippen LogP contribution in [0.25, 0.3) is 0 Å². The van der Waals surface area contributed by atoms with E-state index in [4.69, 9.17) is 16.6 Å². The number of hydrogen-bond donors (Lipinski definition) is 3. The van der Waals surface area contributed by atoms with Gasteiger partial charge in [-0.05, 0) is 44.2 Å². The maximum absolute atomic E-state index is 9.22. The summed E-state index contributed by atoms with van der Waals surface area (Å²) in [5, 5.41) is 16.8. The molecular weight excluding hydrogens is 477 g/mol. The molecule has 1 aromatic rings. The molecule has 27 heavy (non-hydrogen) atoms. The summed E-state index contributed by atoms with van der Waals surface area (Å²) >= 11 is 6.27. The summed E-state index contributed by atoms with van der Waals surface area (Å²) in [5.74, 6) is 2.14. The molecule has 0 aliphatic carbocycles. The topological polar surface area (TPSA) is 72.8 Å². The molecule has 8 heteroatoms. The van der Waals surface area contributed by atoms with Crippen molar-refractivity contribution < 1.29 is 5.11 Å². The van der Waals surface area contributed by atoms with Gasteiger partial charge in [0.25, 0.3) is 0 Å². The van der Waals surface area contributed by atoms with Crippen molar-refractivity contribution in [3.05, 3.63) is 23.4 Å². The molecule has 2 unspecified atom stereocenters. The van der Waals surface area contributed by atoms with Gasteiger partial charge in [-0.15, -0.1) is 24.0 Å². The number of aliphatic imine (C=N–C) groups is 1. The molecule has 154 valence electrons. The zero-order chi connectivity index (χ0) is 18.8. The van der Waals surface area contributed by atoms with E-state index in [0.29, 0.717) is 17.0 Å². The number of hydrogen-bond acceptors (Lipinski definition) is 4. The Labute approximate surface area is 185 Å². The SMILES string of the molecule is CCCC(CCO)CN=C(NCC)NC1CCN(c2ncccc2Cl)C1.I. The Morgan fingerprint density at radius 3 is 2.93 bits per heavy atom. The third kappa shape index (κ3) is 7.99. The van der Waals surface area contributed by atoms with Crippen molar-refractivity contribution in [2.75, 3.05) is 37.7 Å². The van der Waals surface area contributed by atoms with Crippen LogP contribution in [0.15, 0.2) is 23.3 Å². The van der Waals surface area contributed by atoms with Crippen LogP contribution in [-0.4, -0.2) is 54.9 Å². The van der Waals surface area contributed by atoms with Gasteiger partial charge in [-0.25, -0.2) is 4.98 Å². The fourth-order valence-corrected chi connectivity index (χ4v) is 3.57. The van der Waals surface area contributed by atoms with Crippen molar-refractivity contribution >= 4 is 47.4 Å². The molecular formula is C19H33ClIN5O. The average molecular weight is 510 g/mol. The smallest absolute Gasteiger partial charge is 0.191 e. The first-order valence-corrected chi connectivity index (χ1v) is 10.1. The molecule has 1 aliphatic heterocycles. The number of aliphatic hydroxyl groups is 1. The first-order valence-electron chi connectivity index (χ1n) is 9.69. The zero-order valence-electron chi connectivity index (χ0n) is 16.3. The van der Waals surface area contributed by atoms with Gasteiger partial charge in [0.15, 0.2) is 5.96 Å². The van der Waals surface area contributed by atoms with E-state index >= 15 is 0 Å². The summed E-state index contributed by atoms with van der Waals surface area (Å²) in [4.78, 5) is 11.4. The molecule has 3 N–H and O–H groups in total. The molecule has 1 saturated heterocycles. The number of anilines is 1. The highest BCUT2D eigenvalue weighted by molar-refractivity contribution is 14.0. The predicted molar refractivity (Wildman–Crippen MR) is 124 cm³/mol. The van der Waals surface area contributed by atoms with Gasteiger partial charge in [-0.2, -0.15) is 0 Å². The zero-order valence-corrected chi connectivity index (χ0v) is 19.4. The molecule has 0 radical (unpaired) electrons. The number of rotatable bonds is 9. The molecule has 2 heterocycles. The molecule has 6 nitrogen and oxygen atoms in total. The highest BCUT2D eigenvalue weighted by atomic mass is 127. The quantitative estimate of drug-likeness (QED) is 0.271. The van der Waals surface area contributed by atoms with Crippen LogP contribution in [0.1, 0.15) is 39.5 Å². The molecule has 0 aromatic carbocycles. The van der Waals surface area contributed by atoms with Crippen molar-refractivity contribution in [2.45, 2.75) is 45.6 Å². The summed E-state index contributed by atoms with van der Waals surface area (Å²) in [7, 11) is 0. The lowest BCUT2D eigenvalue weighted by Crippen LogP contribution is -2.45. The van der Waals surface area contributed by atoms with Gasteiger partial charge in [0.1, 0.15) is 5.82 Å². The molecule has 0 bridgehead atoms. The molecule has 0 saturated carbocycles. The van der Waals surface area contributed by atoms with Crippen LogP contribution in [0.2, 0.25) is 5.02 Å². The van der Waals surface area contributed by atoms with Gasteiger partial charge in [-0.1, -0.05) is 24.9 Å². The molecule has 1 aliphatic rings. The van der Waals surface area contributed by atoms with E-state index in [9.17, 15) is 5.11 Å². The first-order chi connectivity index (χ1) is 12.7. The van der Waals surface area contributed by atoms with Gasteiger partial charge in [0, 0.05) is 45.0 Å². The van der Waals surface area contributed by atoms with Crippen LogP contribution in [-0.2, 0) is 0 Å². The second-order valence-corrected chi connectivity index (χ2v) is 7.18. The van der Waals surface area contributed by atoms with E-state index in [1.54, 1.807) is 6.20 Å². The highest BCUT2D eigenvalue weighted by Gasteiger charge is 2.25. The minimum Gasteiger partial charge on any atom is -0.396 e. The standard InChI is InChI=1S/C19H32ClN5O.HI/c1-3-6-15(9-12-26)13-23-19(21-4-2)24-16-8-11-25(14-16)18-17(20)7-5-10-22-18;/h5,7,10,15-16,26H,3-4,6,8-9,11-14H2,1-2H3,(H2,21,23,24);1H. The second-order valence-electron chi connectivity index (χ2n) is 6.77. The fraction of sp³-hybridized carbons (Fsp3) is 0.684. The lowest BCUT2D eigenvalue weighted by atomic mass is 10.0. The molecule has 1 aromatic heterocycles. The Bertz CT molecular complexity index is 569. The van der Waals surface area contributed by atoms with Crippen molar-refractivity contribution in [1.82, 2.24) is 15.6 Å². The van der Waals surface area contributed by atoms with Crippen LogP contribution < -0.4 is 15.5 Å². The first kappa shape index (κ1) is 24.2. The van der Waals surface area contributed by atoms with Gasteiger partial charge >= 0.3 is 0 Å². The Hall–Kier alpha value is -0.800. The van der Waals surface area contributed by atoms with E-state index < -0.39 is 0 Å². The van der Waals surface area contributed by atoms with Gasteiger partial charge < -0.3 is 20.6 Å². The van der Waals surface area contributed by atoms with Crippen LogP contribution in [0, 0.1) is 5.92 Å². The van der Waals surface area contributed by atoms with E-state index in [-0.39, 0.29) is 30.6 Å². The molecule has 1 fully saturated rings. The number of nitrogens with one attached hydrogen (secondary N) is 2. The normalized spacial score (nSPS) is 18.1. The summed E-state index contributed by atoms with van der Waals surface area (Å²) in [6, 6.07) is 4.05. The number of nitrogens with zero attached hydrogens (tertiary/aromatic N) is 3. The Morgan fingerprint density at radius 1 is 1.44 bits per heavy atom. The van der Waals surface area contributed by atoms with E-state index in [1.807, 2.05) is 12.1 Å². The summed E-state index contributed by atoms with van der Waals surface area (Å²) in [5.41, 5.74) is 0. The predicted octanol–water partition coefficient (Wildman–Crippen LogP) is 3.29. The highest BCUT2D eigenvalue weighted by Crippen LogP contribution is 2.25. The van der Waals surface area contributed by atoms with E-state index in [0.717, 1.165) is 63.6 Å². The minimum absolute atomic E-state index is 0. The van der Waals surface area contributed by atoms with Crippen molar-refractivity contribution in [3.63, 3.8) is 0 Å². The number of halogens is 2. The van der Waals surface area contributed by atoms with E-state index in [1.165, 1.54) is 0 Å². The summed E-state index contributed by atoms with van der Waals surface area (Å²) in [6.45, 7) is 7.83. The lowest BCUT2D eigenvalue weighted by Gasteiger charge is -2.21. The van der Waals surface area contributed by atoms with Gasteiger partial charge in [0.2, 0.25) is 0 Å². The summed E-state index contributed by atoms with van der Waals surface area (Å²) < 4.78 is 0. The molecule has 2 atom stereocenters. The summed E-state index contributed by atoms with van der Waals surface area (Å²) in [6.07, 6.45) is 5.83. The Balaban J connectivity index is 0.00000364. The van der Waals surface area contributed by atoms with Crippen molar-refractivity contribution in [1.29, 1.82) is 0 Å². The molecule has 0 spiro atoms. The largest absolute Gasteiger partial charge is 0.396 e. The van der Waals surface area contributed by atoms with Crippen LogP contribution in [0.4, 0.5) is 5.82 Å². The number of aliphatic hydroxyl groups excluding tert-OH is 1. The fourth-order valence-electron chi connectivity index (χ4n) is 3.33. The van der Waals surface area contributed by atoms with Crippen LogP contribution in [0.5, 0.6) is 0 Å². The number of aromatic nitrogens is 1. The van der Waals surface area contributed by atoms with Crippen LogP contribution >= 0.6 is 35.6 Å². The Morgan fingerprint density at radius 2 is 2.26 bits per heavy atom. The number of guanidine groups is 1. The maximum Gasteiger partial charge on any atom is 0.191 e. The minimum atomic E-state index is 0. The molecule has 2 rings (SSSR count). The van der Waals surface area contributed by atoms with Crippen molar-refractivity contribution in [2.24, 2.45) is 10.9 Å². The number of pyridine rings is 1. The maximum atomic E-state index is 9.22. The monoisotopic (exact) mass is 509 g/mol. The second kappa shape index (κ2) is 13.4. The van der Waals surface area contributed by atoms with E-state index in [2.05, 4.69) is 34.4 Å². The third-order valence-electron chi connectivity index (χ3n) is 4.65. The lowest BCUT2D eigenvalue weighted by molar-refractivity contribution is 0.253. The van der Waals surface area contributed by atoms with Crippen molar-refractivity contribution in [3.8, 4) is 0 Å². The van der Waals surface area contributed by atoms with Crippen LogP contribution in [0.3, 0.4) is 0 Å². The third-order valence-corrected chi connectivity index (χ3v) is 4.95. The molecule has 0 amide bonds.